The monoisotopic (exact) mass is 252 g/mol. The van der Waals surface area contributed by atoms with Crippen LogP contribution >= 0.6 is 11.6 Å². The second kappa shape index (κ2) is 4.31. The summed E-state index contributed by atoms with van der Waals surface area (Å²) in [4.78, 5) is 4.42. The third kappa shape index (κ3) is 1.91. The third-order valence-corrected chi connectivity index (χ3v) is 5.67. The lowest BCUT2D eigenvalue weighted by atomic mass is 9.71. The quantitative estimate of drug-likeness (QED) is 0.751. The van der Waals surface area contributed by atoms with Crippen LogP contribution in [0.25, 0.3) is 0 Å². The molecular weight excluding hydrogens is 232 g/mol. The number of alkyl halides is 1. The van der Waals surface area contributed by atoms with Gasteiger partial charge >= 0.3 is 0 Å². The standard InChI is InChI=1S/C14H21ClN2/c1-17-7-6-16-13(17)4-5-14(10-15)9-11-2-3-12(14)8-11/h6-7,11-12H,2-5,8-10H2,1H3. The predicted molar refractivity (Wildman–Crippen MR) is 70.1 cm³/mol. The Kier molecular flexibility index (Phi) is 2.94. The Bertz CT molecular complexity index is 401. The van der Waals surface area contributed by atoms with Crippen molar-refractivity contribution in [2.24, 2.45) is 24.3 Å². The van der Waals surface area contributed by atoms with Gasteiger partial charge in [0.15, 0.2) is 0 Å². The molecule has 0 amide bonds. The van der Waals surface area contributed by atoms with E-state index in [0.717, 1.165) is 24.1 Å². The molecule has 2 fully saturated rings. The summed E-state index contributed by atoms with van der Waals surface area (Å²) in [5.41, 5.74) is 0.427. The first-order chi connectivity index (χ1) is 8.23. The molecule has 2 nitrogen and oxygen atoms in total. The van der Waals surface area contributed by atoms with Gasteiger partial charge in [-0.2, -0.15) is 0 Å². The van der Waals surface area contributed by atoms with Crippen molar-refractivity contribution in [3.05, 3.63) is 18.2 Å². The molecule has 0 saturated heterocycles. The van der Waals surface area contributed by atoms with Gasteiger partial charge in [-0.15, -0.1) is 11.6 Å². The maximum atomic E-state index is 6.31. The number of fused-ring (bicyclic) bond motifs is 2. The summed E-state index contributed by atoms with van der Waals surface area (Å²) in [6, 6.07) is 0. The van der Waals surface area contributed by atoms with E-state index >= 15 is 0 Å². The van der Waals surface area contributed by atoms with Gasteiger partial charge in [0.25, 0.3) is 0 Å². The molecule has 3 heteroatoms. The predicted octanol–water partition coefficient (Wildman–Crippen LogP) is 3.40. The average Bonchev–Trinajstić information content (AvgIpc) is 3.02. The van der Waals surface area contributed by atoms with E-state index in [4.69, 9.17) is 11.6 Å². The summed E-state index contributed by atoms with van der Waals surface area (Å²) >= 11 is 6.31. The highest BCUT2D eigenvalue weighted by atomic mass is 35.5. The molecule has 0 radical (unpaired) electrons. The van der Waals surface area contributed by atoms with Crippen molar-refractivity contribution in [2.45, 2.75) is 38.5 Å². The van der Waals surface area contributed by atoms with E-state index < -0.39 is 0 Å². The number of hydrogen-bond donors (Lipinski definition) is 0. The van der Waals surface area contributed by atoms with Gasteiger partial charge in [0.2, 0.25) is 0 Å². The number of aryl methyl sites for hydroxylation is 2. The fourth-order valence-electron chi connectivity index (χ4n) is 4.09. The molecule has 1 aromatic heterocycles. The summed E-state index contributed by atoms with van der Waals surface area (Å²) in [7, 11) is 2.08. The molecule has 2 saturated carbocycles. The first kappa shape index (κ1) is 11.6. The van der Waals surface area contributed by atoms with Gasteiger partial charge < -0.3 is 4.57 Å². The Morgan fingerprint density at radius 1 is 1.53 bits per heavy atom. The molecule has 3 rings (SSSR count). The molecule has 1 heterocycles. The first-order valence-electron chi connectivity index (χ1n) is 6.76. The van der Waals surface area contributed by atoms with Crippen molar-refractivity contribution in [1.82, 2.24) is 9.55 Å². The van der Waals surface area contributed by atoms with Crippen LogP contribution in [0.5, 0.6) is 0 Å². The normalized spacial score (nSPS) is 35.6. The van der Waals surface area contributed by atoms with E-state index in [1.165, 1.54) is 37.9 Å². The van der Waals surface area contributed by atoms with Crippen molar-refractivity contribution >= 4 is 11.6 Å². The van der Waals surface area contributed by atoms with Crippen molar-refractivity contribution in [2.75, 3.05) is 5.88 Å². The zero-order chi connectivity index (χ0) is 11.9. The fraction of sp³-hybridized carbons (Fsp3) is 0.786. The highest BCUT2D eigenvalue weighted by Crippen LogP contribution is 2.58. The number of hydrogen-bond acceptors (Lipinski definition) is 1. The largest absolute Gasteiger partial charge is 0.338 e. The first-order valence-corrected chi connectivity index (χ1v) is 7.29. The average molecular weight is 253 g/mol. The van der Waals surface area contributed by atoms with Gasteiger partial charge in [-0.3, -0.25) is 0 Å². The van der Waals surface area contributed by atoms with Gasteiger partial charge in [0.1, 0.15) is 5.82 Å². The minimum absolute atomic E-state index is 0.427. The molecule has 3 atom stereocenters. The summed E-state index contributed by atoms with van der Waals surface area (Å²) in [5, 5.41) is 0. The van der Waals surface area contributed by atoms with Crippen LogP contribution in [0.4, 0.5) is 0 Å². The zero-order valence-corrected chi connectivity index (χ0v) is 11.3. The Morgan fingerprint density at radius 3 is 2.94 bits per heavy atom. The van der Waals surface area contributed by atoms with Crippen molar-refractivity contribution in [3.8, 4) is 0 Å². The van der Waals surface area contributed by atoms with Crippen LogP contribution in [0.3, 0.4) is 0 Å². The Morgan fingerprint density at radius 2 is 2.41 bits per heavy atom. The third-order valence-electron chi connectivity index (χ3n) is 5.14. The Labute approximate surface area is 108 Å². The second-order valence-electron chi connectivity index (χ2n) is 6.03. The number of aromatic nitrogens is 2. The van der Waals surface area contributed by atoms with E-state index in [1.807, 2.05) is 12.4 Å². The lowest BCUT2D eigenvalue weighted by Crippen LogP contribution is -2.30. The van der Waals surface area contributed by atoms with Gasteiger partial charge in [0.05, 0.1) is 0 Å². The molecule has 0 aromatic carbocycles. The minimum Gasteiger partial charge on any atom is -0.338 e. The van der Waals surface area contributed by atoms with Crippen LogP contribution in [0, 0.1) is 17.3 Å². The van der Waals surface area contributed by atoms with Crippen LogP contribution < -0.4 is 0 Å². The number of halogens is 1. The molecule has 0 N–H and O–H groups in total. The van der Waals surface area contributed by atoms with Gasteiger partial charge in [-0.25, -0.2) is 4.98 Å². The molecule has 2 bridgehead atoms. The maximum Gasteiger partial charge on any atom is 0.108 e. The van der Waals surface area contributed by atoms with Gasteiger partial charge in [-0.05, 0) is 42.9 Å². The SMILES string of the molecule is Cn1ccnc1CCC1(CCl)CC2CCC1C2. The van der Waals surface area contributed by atoms with Gasteiger partial charge in [0, 0.05) is 31.7 Å². The van der Waals surface area contributed by atoms with Crippen LogP contribution in [-0.2, 0) is 13.5 Å². The van der Waals surface area contributed by atoms with Crippen molar-refractivity contribution < 1.29 is 0 Å². The molecule has 0 spiro atoms. The smallest absolute Gasteiger partial charge is 0.108 e. The summed E-state index contributed by atoms with van der Waals surface area (Å²) in [5.74, 6) is 3.92. The second-order valence-corrected chi connectivity index (χ2v) is 6.30. The molecule has 17 heavy (non-hydrogen) atoms. The van der Waals surface area contributed by atoms with Crippen LogP contribution in [-0.4, -0.2) is 15.4 Å². The molecule has 3 unspecified atom stereocenters. The minimum atomic E-state index is 0.427. The molecule has 0 aliphatic heterocycles. The van der Waals surface area contributed by atoms with E-state index in [0.29, 0.717) is 5.41 Å². The van der Waals surface area contributed by atoms with Crippen LogP contribution in [0.2, 0.25) is 0 Å². The maximum absolute atomic E-state index is 6.31. The van der Waals surface area contributed by atoms with Gasteiger partial charge in [-0.1, -0.05) is 6.42 Å². The van der Waals surface area contributed by atoms with Crippen LogP contribution in [0.1, 0.15) is 37.9 Å². The molecule has 2 aliphatic carbocycles. The van der Waals surface area contributed by atoms with E-state index in [9.17, 15) is 0 Å². The van der Waals surface area contributed by atoms with Crippen molar-refractivity contribution in [3.63, 3.8) is 0 Å². The summed E-state index contributed by atoms with van der Waals surface area (Å²) < 4.78 is 2.13. The lowest BCUT2D eigenvalue weighted by Gasteiger charge is -2.36. The van der Waals surface area contributed by atoms with E-state index in [2.05, 4.69) is 16.6 Å². The van der Waals surface area contributed by atoms with E-state index in [-0.39, 0.29) is 0 Å². The highest BCUT2D eigenvalue weighted by Gasteiger charge is 2.49. The lowest BCUT2D eigenvalue weighted by molar-refractivity contribution is 0.177. The molecule has 1 aromatic rings. The van der Waals surface area contributed by atoms with E-state index in [1.54, 1.807) is 0 Å². The fourth-order valence-corrected chi connectivity index (χ4v) is 4.55. The zero-order valence-electron chi connectivity index (χ0n) is 10.5. The molecule has 2 aliphatic rings. The number of nitrogens with zero attached hydrogens (tertiary/aromatic N) is 2. The van der Waals surface area contributed by atoms with Crippen molar-refractivity contribution in [1.29, 1.82) is 0 Å². The summed E-state index contributed by atoms with van der Waals surface area (Å²) in [6.07, 6.45) is 11.9. The molecule has 94 valence electrons. The van der Waals surface area contributed by atoms with Crippen LogP contribution in [0.15, 0.2) is 12.4 Å². The topological polar surface area (TPSA) is 17.8 Å². The Balaban J connectivity index is 1.69. The number of imidazole rings is 1. The number of rotatable bonds is 4. The summed E-state index contributed by atoms with van der Waals surface area (Å²) in [6.45, 7) is 0. The molecular formula is C14H21ClN2. The Hall–Kier alpha value is -0.500. The highest BCUT2D eigenvalue weighted by molar-refractivity contribution is 6.18.